The fraction of sp³-hybridized carbons (Fsp3) is 0.562. The Morgan fingerprint density at radius 1 is 1.33 bits per heavy atom. The Balaban J connectivity index is 1.93. The van der Waals surface area contributed by atoms with Crippen molar-refractivity contribution in [1.29, 1.82) is 0 Å². The van der Waals surface area contributed by atoms with Gasteiger partial charge in [-0.25, -0.2) is 4.98 Å². The molecule has 0 saturated carbocycles. The molecule has 2 N–H and O–H groups in total. The SMILES string of the molecule is CN1CCC(N(C)c2nc3ccccn3c2CCN)CC1. The Labute approximate surface area is 126 Å². The summed E-state index contributed by atoms with van der Waals surface area (Å²) in [4.78, 5) is 9.61. The van der Waals surface area contributed by atoms with E-state index in [4.69, 9.17) is 10.7 Å². The highest BCUT2D eigenvalue weighted by Crippen LogP contribution is 2.26. The zero-order valence-electron chi connectivity index (χ0n) is 13.0. The van der Waals surface area contributed by atoms with Crippen LogP contribution in [0.4, 0.5) is 5.82 Å². The number of nitrogens with two attached hydrogens (primary N) is 1. The van der Waals surface area contributed by atoms with Gasteiger partial charge < -0.3 is 19.9 Å². The van der Waals surface area contributed by atoms with Crippen molar-refractivity contribution in [3.8, 4) is 0 Å². The molecule has 21 heavy (non-hydrogen) atoms. The van der Waals surface area contributed by atoms with E-state index >= 15 is 0 Å². The van der Waals surface area contributed by atoms with E-state index in [9.17, 15) is 0 Å². The lowest BCUT2D eigenvalue weighted by Gasteiger charge is -2.35. The molecule has 3 rings (SSSR count). The van der Waals surface area contributed by atoms with E-state index in [-0.39, 0.29) is 0 Å². The number of rotatable bonds is 4. The average molecular weight is 287 g/mol. The predicted molar refractivity (Wildman–Crippen MR) is 86.9 cm³/mol. The van der Waals surface area contributed by atoms with E-state index in [1.54, 1.807) is 0 Å². The van der Waals surface area contributed by atoms with Crippen molar-refractivity contribution in [2.24, 2.45) is 5.73 Å². The van der Waals surface area contributed by atoms with Crippen LogP contribution in [-0.2, 0) is 6.42 Å². The number of aromatic nitrogens is 2. The third kappa shape index (κ3) is 2.76. The minimum atomic E-state index is 0.572. The lowest BCUT2D eigenvalue weighted by atomic mass is 10.0. The van der Waals surface area contributed by atoms with Gasteiger partial charge in [0.25, 0.3) is 0 Å². The second-order valence-corrected chi connectivity index (χ2v) is 5.99. The van der Waals surface area contributed by atoms with E-state index in [0.717, 1.165) is 31.0 Å². The van der Waals surface area contributed by atoms with Crippen LogP contribution >= 0.6 is 0 Å². The summed E-state index contributed by atoms with van der Waals surface area (Å²) in [5, 5.41) is 0. The molecule has 0 aliphatic carbocycles. The summed E-state index contributed by atoms with van der Waals surface area (Å²) in [6.45, 7) is 2.97. The molecular formula is C16H25N5. The molecule has 0 amide bonds. The quantitative estimate of drug-likeness (QED) is 0.922. The minimum absolute atomic E-state index is 0.572. The molecule has 1 aliphatic rings. The van der Waals surface area contributed by atoms with Crippen molar-refractivity contribution in [1.82, 2.24) is 14.3 Å². The monoisotopic (exact) mass is 287 g/mol. The zero-order chi connectivity index (χ0) is 14.8. The number of hydrogen-bond acceptors (Lipinski definition) is 4. The molecule has 0 aromatic carbocycles. The van der Waals surface area contributed by atoms with E-state index < -0.39 is 0 Å². The summed E-state index contributed by atoms with van der Waals surface area (Å²) in [6, 6.07) is 6.72. The molecule has 5 nitrogen and oxygen atoms in total. The van der Waals surface area contributed by atoms with Crippen LogP contribution in [0.5, 0.6) is 0 Å². The van der Waals surface area contributed by atoms with Gasteiger partial charge in [0, 0.05) is 25.7 Å². The number of imidazole rings is 1. The summed E-state index contributed by atoms with van der Waals surface area (Å²) in [7, 11) is 4.37. The van der Waals surface area contributed by atoms with Crippen molar-refractivity contribution in [3.05, 3.63) is 30.1 Å². The minimum Gasteiger partial charge on any atom is -0.355 e. The van der Waals surface area contributed by atoms with Gasteiger partial charge in [0.2, 0.25) is 0 Å². The molecule has 5 heteroatoms. The van der Waals surface area contributed by atoms with Crippen molar-refractivity contribution in [3.63, 3.8) is 0 Å². The zero-order valence-corrected chi connectivity index (χ0v) is 13.0. The molecule has 0 bridgehead atoms. The van der Waals surface area contributed by atoms with Crippen LogP contribution in [-0.4, -0.2) is 54.1 Å². The molecular weight excluding hydrogens is 262 g/mol. The van der Waals surface area contributed by atoms with Gasteiger partial charge >= 0.3 is 0 Å². The van der Waals surface area contributed by atoms with Crippen LogP contribution < -0.4 is 10.6 Å². The molecule has 1 saturated heterocycles. The molecule has 0 atom stereocenters. The van der Waals surface area contributed by atoms with Crippen molar-refractivity contribution < 1.29 is 0 Å². The van der Waals surface area contributed by atoms with Gasteiger partial charge in [-0.05, 0) is 51.7 Å². The molecule has 0 radical (unpaired) electrons. The Hall–Kier alpha value is -1.59. The molecule has 114 valence electrons. The summed E-state index contributed by atoms with van der Waals surface area (Å²) >= 11 is 0. The van der Waals surface area contributed by atoms with E-state index in [1.165, 1.54) is 18.5 Å². The third-order valence-corrected chi connectivity index (χ3v) is 4.56. The number of likely N-dealkylation sites (tertiary alicyclic amines) is 1. The molecule has 1 aliphatic heterocycles. The van der Waals surface area contributed by atoms with Crippen LogP contribution in [0.3, 0.4) is 0 Å². The molecule has 0 spiro atoms. The number of fused-ring (bicyclic) bond motifs is 1. The fourth-order valence-electron chi connectivity index (χ4n) is 3.24. The van der Waals surface area contributed by atoms with Crippen LogP contribution in [0.15, 0.2) is 24.4 Å². The van der Waals surface area contributed by atoms with Gasteiger partial charge in [-0.15, -0.1) is 0 Å². The van der Waals surface area contributed by atoms with Crippen LogP contribution in [0, 0.1) is 0 Å². The van der Waals surface area contributed by atoms with Crippen LogP contribution in [0.1, 0.15) is 18.5 Å². The lowest BCUT2D eigenvalue weighted by molar-refractivity contribution is 0.252. The predicted octanol–water partition coefficient (Wildman–Crippen LogP) is 1.37. The highest BCUT2D eigenvalue weighted by molar-refractivity contribution is 5.56. The molecule has 3 heterocycles. The van der Waals surface area contributed by atoms with Gasteiger partial charge in [0.15, 0.2) is 5.82 Å². The highest BCUT2D eigenvalue weighted by atomic mass is 15.2. The number of piperidine rings is 1. The van der Waals surface area contributed by atoms with E-state index in [2.05, 4.69) is 40.6 Å². The summed E-state index contributed by atoms with van der Waals surface area (Å²) in [5.74, 6) is 1.10. The van der Waals surface area contributed by atoms with E-state index in [1.807, 2.05) is 12.1 Å². The largest absolute Gasteiger partial charge is 0.355 e. The number of nitrogens with zero attached hydrogens (tertiary/aromatic N) is 4. The van der Waals surface area contributed by atoms with E-state index in [0.29, 0.717) is 12.6 Å². The molecule has 0 unspecified atom stereocenters. The van der Waals surface area contributed by atoms with Gasteiger partial charge in [-0.1, -0.05) is 6.07 Å². The highest BCUT2D eigenvalue weighted by Gasteiger charge is 2.24. The van der Waals surface area contributed by atoms with Gasteiger partial charge in [-0.3, -0.25) is 0 Å². The smallest absolute Gasteiger partial charge is 0.151 e. The van der Waals surface area contributed by atoms with Gasteiger partial charge in [0.05, 0.1) is 5.69 Å². The third-order valence-electron chi connectivity index (χ3n) is 4.56. The molecule has 2 aromatic heterocycles. The van der Waals surface area contributed by atoms with Gasteiger partial charge in [0.1, 0.15) is 5.65 Å². The van der Waals surface area contributed by atoms with Crippen LogP contribution in [0.2, 0.25) is 0 Å². The summed E-state index contributed by atoms with van der Waals surface area (Å²) in [6.07, 6.45) is 5.34. The number of hydrogen-bond donors (Lipinski definition) is 1. The maximum atomic E-state index is 5.81. The van der Waals surface area contributed by atoms with Gasteiger partial charge in [-0.2, -0.15) is 0 Å². The average Bonchev–Trinajstić information content (AvgIpc) is 2.87. The standard InChI is InChI=1S/C16H25N5/c1-19-11-7-13(8-12-19)20(2)16-14(6-9-17)21-10-4-3-5-15(21)18-16/h3-5,10,13H,6-9,11-12,17H2,1-2H3. The van der Waals surface area contributed by atoms with Crippen LogP contribution in [0.25, 0.3) is 5.65 Å². The Morgan fingerprint density at radius 3 is 2.81 bits per heavy atom. The fourth-order valence-corrected chi connectivity index (χ4v) is 3.24. The molecule has 1 fully saturated rings. The van der Waals surface area contributed by atoms with Crippen molar-refractivity contribution in [2.45, 2.75) is 25.3 Å². The number of anilines is 1. The first-order valence-corrected chi connectivity index (χ1v) is 7.78. The maximum Gasteiger partial charge on any atom is 0.151 e. The Morgan fingerprint density at radius 2 is 2.10 bits per heavy atom. The van der Waals surface area contributed by atoms with Crippen molar-refractivity contribution >= 4 is 11.5 Å². The maximum absolute atomic E-state index is 5.81. The Bertz CT molecular complexity index is 598. The Kier molecular flexibility index (Phi) is 4.12. The summed E-state index contributed by atoms with van der Waals surface area (Å²) < 4.78 is 2.17. The first-order valence-electron chi connectivity index (χ1n) is 7.78. The van der Waals surface area contributed by atoms with Crippen molar-refractivity contribution in [2.75, 3.05) is 38.6 Å². The first-order chi connectivity index (χ1) is 10.2. The topological polar surface area (TPSA) is 49.8 Å². The molecule has 2 aromatic rings. The second-order valence-electron chi connectivity index (χ2n) is 5.99. The first kappa shape index (κ1) is 14.4. The second kappa shape index (κ2) is 6.03. The normalized spacial score (nSPS) is 17.5. The summed E-state index contributed by atoms with van der Waals surface area (Å²) in [5.41, 5.74) is 8.05. The lowest BCUT2D eigenvalue weighted by Crippen LogP contribution is -2.42. The number of pyridine rings is 1.